The summed E-state index contributed by atoms with van der Waals surface area (Å²) < 4.78 is 1.90. The number of carboxylic acid groups (broad SMARTS) is 2. The van der Waals surface area contributed by atoms with Crippen LogP contribution in [-0.2, 0) is 20.4 Å². The third-order valence-electron chi connectivity index (χ3n) is 9.05. The SMILES string of the molecule is CC1(C)C(/C=C/C=C/C=C/C=C2/N(CC(=O)O)c3ccc4ccccc4c3C2(C)C)=[N+](CC(=O)O)c2ccc3ccccc3c21. The van der Waals surface area contributed by atoms with Crippen LogP contribution in [0, 0.1) is 0 Å². The second kappa shape index (κ2) is 11.4. The van der Waals surface area contributed by atoms with Crippen molar-refractivity contribution in [1.82, 2.24) is 0 Å². The van der Waals surface area contributed by atoms with E-state index >= 15 is 0 Å². The van der Waals surface area contributed by atoms with Gasteiger partial charge in [-0.25, -0.2) is 4.79 Å². The Morgan fingerprint density at radius 1 is 0.711 bits per heavy atom. The lowest BCUT2D eigenvalue weighted by Gasteiger charge is -2.25. The van der Waals surface area contributed by atoms with Gasteiger partial charge < -0.3 is 15.1 Å². The van der Waals surface area contributed by atoms with Gasteiger partial charge in [0.1, 0.15) is 6.54 Å². The normalized spacial score (nSPS) is 17.9. The topological polar surface area (TPSA) is 80.9 Å². The van der Waals surface area contributed by atoms with Crippen LogP contribution in [0.15, 0.2) is 121 Å². The summed E-state index contributed by atoms with van der Waals surface area (Å²) >= 11 is 0. The first-order valence-electron chi connectivity index (χ1n) is 15.1. The minimum absolute atomic E-state index is 0.119. The maximum Gasteiger partial charge on any atom is 0.370 e. The highest BCUT2D eigenvalue weighted by Crippen LogP contribution is 2.50. The second-order valence-corrected chi connectivity index (χ2v) is 12.6. The maximum atomic E-state index is 11.9. The smallest absolute Gasteiger partial charge is 0.370 e. The van der Waals surface area contributed by atoms with Crippen molar-refractivity contribution in [3.05, 3.63) is 132 Å². The number of hydrogen-bond donors (Lipinski definition) is 2. The molecule has 0 aliphatic carbocycles. The molecule has 0 unspecified atom stereocenters. The van der Waals surface area contributed by atoms with Crippen LogP contribution in [0.5, 0.6) is 0 Å². The van der Waals surface area contributed by atoms with E-state index in [0.29, 0.717) is 0 Å². The van der Waals surface area contributed by atoms with Gasteiger partial charge in [-0.15, -0.1) is 0 Å². The van der Waals surface area contributed by atoms with E-state index in [2.05, 4.69) is 64.1 Å². The summed E-state index contributed by atoms with van der Waals surface area (Å²) in [5, 5.41) is 24.0. The van der Waals surface area contributed by atoms with Crippen molar-refractivity contribution in [3.8, 4) is 0 Å². The fraction of sp³-hybridized carbons (Fsp3) is 0.205. The summed E-state index contributed by atoms with van der Waals surface area (Å²) in [5.74, 6) is -1.77. The summed E-state index contributed by atoms with van der Waals surface area (Å²) in [4.78, 5) is 25.6. The Labute approximate surface area is 263 Å². The predicted octanol–water partition coefficient (Wildman–Crippen LogP) is 7.89. The van der Waals surface area contributed by atoms with Crippen LogP contribution in [-0.4, -0.2) is 45.5 Å². The molecule has 6 nitrogen and oxygen atoms in total. The van der Waals surface area contributed by atoms with Crippen LogP contribution >= 0.6 is 0 Å². The Morgan fingerprint density at radius 2 is 1.31 bits per heavy atom. The number of allylic oxidation sites excluding steroid dienone is 8. The largest absolute Gasteiger partial charge is 0.480 e. The molecule has 6 heteroatoms. The average molecular weight is 598 g/mol. The molecule has 0 bridgehead atoms. The second-order valence-electron chi connectivity index (χ2n) is 12.6. The number of rotatable bonds is 8. The summed E-state index contributed by atoms with van der Waals surface area (Å²) in [6.07, 6.45) is 13.6. The van der Waals surface area contributed by atoms with E-state index in [1.165, 1.54) is 0 Å². The fourth-order valence-corrected chi connectivity index (χ4v) is 7.17. The van der Waals surface area contributed by atoms with Gasteiger partial charge in [0, 0.05) is 34.5 Å². The van der Waals surface area contributed by atoms with Crippen molar-refractivity contribution in [2.24, 2.45) is 0 Å². The number of hydrogen-bond acceptors (Lipinski definition) is 3. The van der Waals surface area contributed by atoms with Crippen molar-refractivity contribution >= 4 is 50.6 Å². The zero-order chi connectivity index (χ0) is 31.9. The van der Waals surface area contributed by atoms with Crippen LogP contribution in [0.25, 0.3) is 21.5 Å². The molecule has 0 aromatic heterocycles. The molecule has 0 spiro atoms. The molecule has 6 rings (SSSR count). The molecule has 0 saturated heterocycles. The highest BCUT2D eigenvalue weighted by atomic mass is 16.4. The van der Waals surface area contributed by atoms with Crippen molar-refractivity contribution in [2.75, 3.05) is 18.0 Å². The molecular formula is C39H37N2O4+. The minimum atomic E-state index is -0.883. The van der Waals surface area contributed by atoms with Crippen LogP contribution in [0.4, 0.5) is 11.4 Å². The number of carbonyl (C=O) groups is 2. The zero-order valence-corrected chi connectivity index (χ0v) is 26.0. The van der Waals surface area contributed by atoms with Gasteiger partial charge in [-0.3, -0.25) is 4.79 Å². The first kappa shape index (κ1) is 29.8. The van der Waals surface area contributed by atoms with E-state index < -0.39 is 22.8 Å². The molecule has 226 valence electrons. The lowest BCUT2D eigenvalue weighted by molar-refractivity contribution is -0.427. The number of benzene rings is 4. The van der Waals surface area contributed by atoms with Gasteiger partial charge in [0.05, 0.1) is 5.41 Å². The van der Waals surface area contributed by atoms with Gasteiger partial charge in [0.15, 0.2) is 5.71 Å². The molecule has 2 aliphatic rings. The van der Waals surface area contributed by atoms with Crippen LogP contribution in [0.3, 0.4) is 0 Å². The van der Waals surface area contributed by atoms with Gasteiger partial charge in [-0.05, 0) is 59.2 Å². The standard InChI is InChI=1S/C39H36N2O4/c1-38(2)32(40(24-34(42)43)30-22-20-26-14-10-12-16-28(26)36(30)38)18-8-6-5-7-9-19-33-39(3,4)37-29-17-13-11-15-27(29)21-23-31(37)41(33)25-35(44)45/h5-23H,24-25H2,1-4H3,(H-,42,43,44,45)/p+1. The lowest BCUT2D eigenvalue weighted by atomic mass is 9.79. The monoisotopic (exact) mass is 597 g/mol. The van der Waals surface area contributed by atoms with Gasteiger partial charge in [-0.2, -0.15) is 4.58 Å². The fourth-order valence-electron chi connectivity index (χ4n) is 7.17. The minimum Gasteiger partial charge on any atom is -0.480 e. The van der Waals surface area contributed by atoms with Crippen molar-refractivity contribution < 1.29 is 24.4 Å². The summed E-state index contributed by atoms with van der Waals surface area (Å²) in [6.45, 7) is 8.33. The molecule has 0 amide bonds. The lowest BCUT2D eigenvalue weighted by Crippen LogP contribution is -2.30. The Morgan fingerprint density at radius 3 is 1.98 bits per heavy atom. The molecule has 0 fully saturated rings. The highest BCUT2D eigenvalue weighted by Gasteiger charge is 2.46. The quantitative estimate of drug-likeness (QED) is 0.160. The molecule has 2 aliphatic heterocycles. The zero-order valence-electron chi connectivity index (χ0n) is 26.0. The third kappa shape index (κ3) is 5.16. The van der Waals surface area contributed by atoms with E-state index in [1.54, 1.807) is 0 Å². The molecule has 4 aromatic rings. The Kier molecular flexibility index (Phi) is 7.53. The molecule has 2 heterocycles. The molecule has 0 atom stereocenters. The van der Waals surface area contributed by atoms with Crippen LogP contribution in [0.1, 0.15) is 38.8 Å². The molecule has 4 aromatic carbocycles. The van der Waals surface area contributed by atoms with Gasteiger partial charge in [-0.1, -0.05) is 98.8 Å². The number of anilines is 1. The predicted molar refractivity (Wildman–Crippen MR) is 182 cm³/mol. The van der Waals surface area contributed by atoms with Crippen LogP contribution in [0.2, 0.25) is 0 Å². The Hall–Kier alpha value is -5.23. The molecule has 0 saturated carbocycles. The Bertz CT molecular complexity index is 2020. The molecule has 2 N–H and O–H groups in total. The number of fused-ring (bicyclic) bond motifs is 6. The van der Waals surface area contributed by atoms with E-state index in [9.17, 15) is 19.8 Å². The van der Waals surface area contributed by atoms with Gasteiger partial charge in [0.25, 0.3) is 0 Å². The number of carboxylic acids is 2. The van der Waals surface area contributed by atoms with E-state index in [4.69, 9.17) is 0 Å². The summed E-state index contributed by atoms with van der Waals surface area (Å²) in [6, 6.07) is 24.6. The van der Waals surface area contributed by atoms with E-state index in [-0.39, 0.29) is 13.1 Å². The first-order chi connectivity index (χ1) is 21.5. The first-order valence-corrected chi connectivity index (χ1v) is 15.1. The highest BCUT2D eigenvalue weighted by molar-refractivity contribution is 6.08. The molecule has 0 radical (unpaired) electrons. The average Bonchev–Trinajstić information content (AvgIpc) is 3.34. The maximum absolute atomic E-state index is 11.9. The molecule has 45 heavy (non-hydrogen) atoms. The summed E-state index contributed by atoms with van der Waals surface area (Å²) in [5.41, 5.74) is 5.19. The Balaban J connectivity index is 1.28. The van der Waals surface area contributed by atoms with E-state index in [0.717, 1.165) is 55.5 Å². The van der Waals surface area contributed by atoms with Gasteiger partial charge in [0.2, 0.25) is 12.2 Å². The number of aliphatic carboxylic acids is 2. The third-order valence-corrected chi connectivity index (χ3v) is 9.05. The molecular weight excluding hydrogens is 560 g/mol. The number of nitrogens with zero attached hydrogens (tertiary/aromatic N) is 2. The van der Waals surface area contributed by atoms with Crippen LogP contribution < -0.4 is 4.90 Å². The van der Waals surface area contributed by atoms with Crippen molar-refractivity contribution in [1.29, 1.82) is 0 Å². The van der Waals surface area contributed by atoms with E-state index in [1.807, 2.05) is 88.4 Å². The summed E-state index contributed by atoms with van der Waals surface area (Å²) in [7, 11) is 0. The van der Waals surface area contributed by atoms with Gasteiger partial charge >= 0.3 is 11.9 Å². The van der Waals surface area contributed by atoms with Crippen molar-refractivity contribution in [2.45, 2.75) is 38.5 Å². The van der Waals surface area contributed by atoms with Crippen molar-refractivity contribution in [3.63, 3.8) is 0 Å².